The van der Waals surface area contributed by atoms with E-state index in [2.05, 4.69) is 0 Å². The fraction of sp³-hybridized carbons (Fsp3) is 0.389. The van der Waals surface area contributed by atoms with Crippen molar-refractivity contribution in [2.75, 3.05) is 20.3 Å². The summed E-state index contributed by atoms with van der Waals surface area (Å²) in [5.41, 5.74) is 0.564. The van der Waals surface area contributed by atoms with E-state index in [4.69, 9.17) is 25.8 Å². The third kappa shape index (κ3) is 4.95. The lowest BCUT2D eigenvalue weighted by Gasteiger charge is -2.16. The minimum Gasteiger partial charge on any atom is -0.493 e. The molecular weight excluding hydrogens is 394 g/mol. The van der Waals surface area contributed by atoms with E-state index in [0.717, 1.165) is 11.8 Å². The molecule has 27 heavy (non-hydrogen) atoms. The second-order valence-electron chi connectivity index (χ2n) is 5.77. The van der Waals surface area contributed by atoms with Crippen molar-refractivity contribution >= 4 is 46.6 Å². The van der Waals surface area contributed by atoms with Crippen LogP contribution in [-0.2, 0) is 14.3 Å². The lowest BCUT2D eigenvalue weighted by molar-refractivity contribution is -0.145. The van der Waals surface area contributed by atoms with Gasteiger partial charge in [-0.2, -0.15) is 0 Å². The van der Waals surface area contributed by atoms with Crippen LogP contribution in [0.1, 0.15) is 26.3 Å². The average molecular weight is 414 g/mol. The Morgan fingerprint density at radius 1 is 1.33 bits per heavy atom. The summed E-state index contributed by atoms with van der Waals surface area (Å²) in [5, 5.41) is -0.110. The first-order valence-corrected chi connectivity index (χ1v) is 9.40. The molecule has 0 saturated carbocycles. The van der Waals surface area contributed by atoms with Crippen molar-refractivity contribution in [1.29, 1.82) is 0 Å². The quantitative estimate of drug-likeness (QED) is 0.497. The lowest BCUT2D eigenvalue weighted by atomic mass is 10.1. The number of carbonyl (C=O) groups excluding carboxylic acids is 3. The number of methoxy groups -OCH3 is 1. The van der Waals surface area contributed by atoms with Crippen LogP contribution in [0.2, 0.25) is 5.02 Å². The molecule has 2 rings (SSSR count). The van der Waals surface area contributed by atoms with E-state index in [-0.39, 0.29) is 41.2 Å². The van der Waals surface area contributed by atoms with Crippen molar-refractivity contribution in [3.8, 4) is 11.5 Å². The van der Waals surface area contributed by atoms with Gasteiger partial charge in [-0.15, -0.1) is 0 Å². The first kappa shape index (κ1) is 21.1. The number of halogens is 1. The summed E-state index contributed by atoms with van der Waals surface area (Å²) >= 11 is 7.12. The van der Waals surface area contributed by atoms with Gasteiger partial charge in [-0.3, -0.25) is 14.5 Å². The van der Waals surface area contributed by atoms with Gasteiger partial charge in [0.05, 0.1) is 23.6 Å². The number of esters is 1. The van der Waals surface area contributed by atoms with Crippen LogP contribution in [0.25, 0.3) is 6.08 Å². The number of thioether (sulfide) groups is 1. The van der Waals surface area contributed by atoms with Crippen molar-refractivity contribution < 1.29 is 28.6 Å². The summed E-state index contributed by atoms with van der Waals surface area (Å²) in [6.07, 6.45) is 1.57. The molecule has 1 aliphatic rings. The summed E-state index contributed by atoms with van der Waals surface area (Å²) in [6.45, 7) is 5.18. The molecule has 1 saturated heterocycles. The van der Waals surface area contributed by atoms with Crippen molar-refractivity contribution in [2.45, 2.75) is 26.8 Å². The molecule has 1 aromatic carbocycles. The Morgan fingerprint density at radius 3 is 2.59 bits per heavy atom. The molecule has 7 nitrogen and oxygen atoms in total. The molecule has 9 heteroatoms. The van der Waals surface area contributed by atoms with Gasteiger partial charge < -0.3 is 14.2 Å². The number of ether oxygens (including phenoxy) is 3. The minimum absolute atomic E-state index is 0.194. The van der Waals surface area contributed by atoms with Gasteiger partial charge in [0.25, 0.3) is 11.1 Å². The molecular formula is C18H20ClNO6S. The standard InChI is InChI=1S/C18H20ClNO6S/c1-5-25-15(21)9-26-16-12(19)6-11(7-13(16)24-4)8-14-17(22)20(10(2)3)18(23)27-14/h6-8,10H,5,9H2,1-4H3/b14-8+. The largest absolute Gasteiger partial charge is 0.493 e. The van der Waals surface area contributed by atoms with Crippen LogP contribution >= 0.6 is 23.4 Å². The van der Waals surface area contributed by atoms with Crippen LogP contribution in [0.3, 0.4) is 0 Å². The van der Waals surface area contributed by atoms with Gasteiger partial charge in [0, 0.05) is 6.04 Å². The van der Waals surface area contributed by atoms with E-state index in [1.165, 1.54) is 12.0 Å². The zero-order valence-corrected chi connectivity index (χ0v) is 17.0. The second-order valence-corrected chi connectivity index (χ2v) is 7.17. The molecule has 0 N–H and O–H groups in total. The number of nitrogens with zero attached hydrogens (tertiary/aromatic N) is 1. The predicted molar refractivity (Wildman–Crippen MR) is 103 cm³/mol. The molecule has 1 fully saturated rings. The smallest absolute Gasteiger partial charge is 0.344 e. The maximum Gasteiger partial charge on any atom is 0.344 e. The van der Waals surface area contributed by atoms with E-state index in [1.807, 2.05) is 0 Å². The Kier molecular flexibility index (Phi) is 7.15. The maximum absolute atomic E-state index is 12.4. The third-order valence-corrected chi connectivity index (χ3v) is 4.69. The Balaban J connectivity index is 2.27. The van der Waals surface area contributed by atoms with Crippen LogP contribution in [0.15, 0.2) is 17.0 Å². The van der Waals surface area contributed by atoms with Crippen molar-refractivity contribution in [2.24, 2.45) is 0 Å². The van der Waals surface area contributed by atoms with E-state index in [9.17, 15) is 14.4 Å². The van der Waals surface area contributed by atoms with Crippen molar-refractivity contribution in [3.05, 3.63) is 27.6 Å². The molecule has 0 aliphatic carbocycles. The molecule has 0 radical (unpaired) electrons. The van der Waals surface area contributed by atoms with E-state index in [0.29, 0.717) is 16.2 Å². The average Bonchev–Trinajstić information content (AvgIpc) is 2.87. The highest BCUT2D eigenvalue weighted by Gasteiger charge is 2.36. The summed E-state index contributed by atoms with van der Waals surface area (Å²) < 4.78 is 15.5. The fourth-order valence-corrected chi connectivity index (χ4v) is 3.61. The molecule has 0 bridgehead atoms. The van der Waals surface area contributed by atoms with Gasteiger partial charge in [0.1, 0.15) is 0 Å². The van der Waals surface area contributed by atoms with Gasteiger partial charge in [-0.25, -0.2) is 4.79 Å². The summed E-state index contributed by atoms with van der Waals surface area (Å²) in [5.74, 6) is -0.388. The Hall–Kier alpha value is -2.19. The van der Waals surface area contributed by atoms with Crippen molar-refractivity contribution in [1.82, 2.24) is 4.90 Å². The molecule has 0 spiro atoms. The predicted octanol–water partition coefficient (Wildman–Crippen LogP) is 3.74. The normalized spacial score (nSPS) is 15.6. The lowest BCUT2D eigenvalue weighted by Crippen LogP contribution is -2.34. The zero-order valence-electron chi connectivity index (χ0n) is 15.4. The Labute approximate surface area is 166 Å². The van der Waals surface area contributed by atoms with Crippen molar-refractivity contribution in [3.63, 3.8) is 0 Å². The molecule has 0 atom stereocenters. The third-order valence-electron chi connectivity index (χ3n) is 3.53. The van der Waals surface area contributed by atoms with Crippen LogP contribution < -0.4 is 9.47 Å². The molecule has 146 valence electrons. The second kappa shape index (κ2) is 9.14. The molecule has 0 unspecified atom stereocenters. The highest BCUT2D eigenvalue weighted by Crippen LogP contribution is 2.39. The number of carbonyl (C=O) groups is 3. The molecule has 2 amide bonds. The monoisotopic (exact) mass is 413 g/mol. The first-order chi connectivity index (χ1) is 12.8. The number of imide groups is 1. The Bertz CT molecular complexity index is 792. The topological polar surface area (TPSA) is 82.1 Å². The molecule has 0 aromatic heterocycles. The number of amides is 2. The SMILES string of the molecule is CCOC(=O)COc1c(Cl)cc(/C=C2/SC(=O)N(C(C)C)C2=O)cc1OC. The van der Waals surface area contributed by atoms with E-state index >= 15 is 0 Å². The Morgan fingerprint density at radius 2 is 2.04 bits per heavy atom. The summed E-state index contributed by atoms with van der Waals surface area (Å²) in [7, 11) is 1.43. The van der Waals surface area contributed by atoms with Crippen LogP contribution in [-0.4, -0.2) is 48.4 Å². The first-order valence-electron chi connectivity index (χ1n) is 8.21. The summed E-state index contributed by atoms with van der Waals surface area (Å²) in [4.78, 5) is 37.3. The van der Waals surface area contributed by atoms with Crippen LogP contribution in [0.4, 0.5) is 4.79 Å². The van der Waals surface area contributed by atoms with Gasteiger partial charge in [-0.1, -0.05) is 11.6 Å². The van der Waals surface area contributed by atoms with Crippen LogP contribution in [0, 0.1) is 0 Å². The molecule has 1 heterocycles. The minimum atomic E-state index is -0.526. The van der Waals surface area contributed by atoms with Gasteiger partial charge in [-0.05, 0) is 56.3 Å². The highest BCUT2D eigenvalue weighted by molar-refractivity contribution is 8.18. The number of hydrogen-bond acceptors (Lipinski definition) is 7. The van der Waals surface area contributed by atoms with E-state index < -0.39 is 5.97 Å². The van der Waals surface area contributed by atoms with Gasteiger partial charge in [0.2, 0.25) is 0 Å². The van der Waals surface area contributed by atoms with Gasteiger partial charge in [0.15, 0.2) is 18.1 Å². The van der Waals surface area contributed by atoms with Crippen LogP contribution in [0.5, 0.6) is 11.5 Å². The van der Waals surface area contributed by atoms with Gasteiger partial charge >= 0.3 is 5.97 Å². The fourth-order valence-electron chi connectivity index (χ4n) is 2.37. The highest BCUT2D eigenvalue weighted by atomic mass is 35.5. The maximum atomic E-state index is 12.4. The number of hydrogen-bond donors (Lipinski definition) is 0. The molecule has 1 aromatic rings. The zero-order chi connectivity index (χ0) is 20.1. The molecule has 1 aliphatic heterocycles. The number of rotatable bonds is 7. The number of benzene rings is 1. The summed E-state index contributed by atoms with van der Waals surface area (Å²) in [6, 6.07) is 2.95. The van der Waals surface area contributed by atoms with E-state index in [1.54, 1.807) is 39.0 Å².